The molecular formula is C20H17N3O2. The molecule has 0 radical (unpaired) electrons. The number of benzene rings is 2. The molecule has 5 nitrogen and oxygen atoms in total. The number of rotatable bonds is 2. The molecule has 0 spiro atoms. The van der Waals surface area contributed by atoms with E-state index in [2.05, 4.69) is 15.5 Å². The van der Waals surface area contributed by atoms with Crippen molar-refractivity contribution in [2.24, 2.45) is 5.10 Å². The highest BCUT2D eigenvalue weighted by Gasteiger charge is 2.21. The molecule has 124 valence electrons. The molecule has 1 amide bonds. The number of aromatic nitrogens is 1. The second-order valence-electron chi connectivity index (χ2n) is 6.13. The predicted molar refractivity (Wildman–Crippen MR) is 96.9 cm³/mol. The van der Waals surface area contributed by atoms with Gasteiger partial charge in [0.2, 0.25) is 0 Å². The fourth-order valence-corrected chi connectivity index (χ4v) is 3.28. The van der Waals surface area contributed by atoms with Crippen LogP contribution in [0.4, 0.5) is 0 Å². The summed E-state index contributed by atoms with van der Waals surface area (Å²) < 4.78 is 0. The number of aryl methyl sites for hydroxylation is 1. The minimum atomic E-state index is -0.261. The minimum absolute atomic E-state index is 0.261. The number of hydrazone groups is 1. The fraction of sp³-hybridized carbons (Fsp3) is 0.150. The third kappa shape index (κ3) is 2.74. The lowest BCUT2D eigenvalue weighted by atomic mass is 10.1. The Bertz CT molecular complexity index is 1020. The van der Waals surface area contributed by atoms with Gasteiger partial charge in [0.25, 0.3) is 5.91 Å². The van der Waals surface area contributed by atoms with Crippen molar-refractivity contribution in [2.75, 3.05) is 0 Å². The van der Waals surface area contributed by atoms with Crippen LogP contribution < -0.4 is 5.43 Å². The van der Waals surface area contributed by atoms with E-state index in [0.717, 1.165) is 39.9 Å². The van der Waals surface area contributed by atoms with E-state index in [1.807, 2.05) is 37.3 Å². The largest absolute Gasteiger partial charge is 0.508 e. The van der Waals surface area contributed by atoms with E-state index in [1.165, 1.54) is 0 Å². The zero-order valence-electron chi connectivity index (χ0n) is 13.8. The van der Waals surface area contributed by atoms with Crippen LogP contribution in [0.3, 0.4) is 0 Å². The van der Waals surface area contributed by atoms with Gasteiger partial charge in [-0.2, -0.15) is 5.10 Å². The van der Waals surface area contributed by atoms with E-state index in [-0.39, 0.29) is 11.7 Å². The van der Waals surface area contributed by atoms with Crippen molar-refractivity contribution in [3.63, 3.8) is 0 Å². The summed E-state index contributed by atoms with van der Waals surface area (Å²) in [5.41, 5.74) is 7.37. The summed E-state index contributed by atoms with van der Waals surface area (Å²) >= 11 is 0. The summed E-state index contributed by atoms with van der Waals surface area (Å²) in [7, 11) is 0. The summed E-state index contributed by atoms with van der Waals surface area (Å²) in [4.78, 5) is 17.1. The molecule has 5 heteroatoms. The number of nitrogens with one attached hydrogen (secondary N) is 1. The van der Waals surface area contributed by atoms with Crippen LogP contribution >= 0.6 is 0 Å². The van der Waals surface area contributed by atoms with Crippen LogP contribution in [0.1, 0.15) is 33.6 Å². The average molecular weight is 331 g/mol. The molecule has 4 rings (SSSR count). The SMILES string of the molecule is Cc1cc(C(=O)NN=C2CCc3c(O)cccc32)c2ccccc2n1. The molecule has 1 aliphatic carbocycles. The van der Waals surface area contributed by atoms with Gasteiger partial charge in [0.1, 0.15) is 5.75 Å². The van der Waals surface area contributed by atoms with Gasteiger partial charge < -0.3 is 5.11 Å². The lowest BCUT2D eigenvalue weighted by Crippen LogP contribution is -2.20. The lowest BCUT2D eigenvalue weighted by molar-refractivity contribution is 0.0956. The molecule has 0 aliphatic heterocycles. The molecule has 1 heterocycles. The molecule has 0 saturated carbocycles. The van der Waals surface area contributed by atoms with Gasteiger partial charge >= 0.3 is 0 Å². The van der Waals surface area contributed by atoms with Crippen LogP contribution in [0, 0.1) is 6.92 Å². The van der Waals surface area contributed by atoms with Gasteiger partial charge in [0.05, 0.1) is 16.8 Å². The number of hydrogen-bond donors (Lipinski definition) is 2. The standard InChI is InChI=1S/C20H17N3O2/c1-12-11-16(14-5-2-3-7-17(14)21-12)20(25)23-22-18-10-9-15-13(18)6-4-8-19(15)24/h2-8,11,24H,9-10H2,1H3,(H,23,25). The number of para-hydroxylation sites is 1. The third-order valence-electron chi connectivity index (χ3n) is 4.46. The number of fused-ring (bicyclic) bond motifs is 2. The van der Waals surface area contributed by atoms with Crippen molar-refractivity contribution >= 4 is 22.5 Å². The lowest BCUT2D eigenvalue weighted by Gasteiger charge is -2.07. The molecular weight excluding hydrogens is 314 g/mol. The van der Waals surface area contributed by atoms with Gasteiger partial charge in [-0.3, -0.25) is 9.78 Å². The molecule has 0 saturated heterocycles. The third-order valence-corrected chi connectivity index (χ3v) is 4.46. The number of carbonyl (C=O) groups excluding carboxylic acids is 1. The van der Waals surface area contributed by atoms with E-state index < -0.39 is 0 Å². The van der Waals surface area contributed by atoms with Crippen molar-refractivity contribution in [1.82, 2.24) is 10.4 Å². The van der Waals surface area contributed by atoms with Gasteiger partial charge in [-0.15, -0.1) is 0 Å². The van der Waals surface area contributed by atoms with Crippen LogP contribution in [-0.2, 0) is 6.42 Å². The van der Waals surface area contributed by atoms with Crippen molar-refractivity contribution in [3.8, 4) is 5.75 Å². The van der Waals surface area contributed by atoms with Gasteiger partial charge in [-0.05, 0) is 38.0 Å². The zero-order valence-corrected chi connectivity index (χ0v) is 13.8. The van der Waals surface area contributed by atoms with E-state index in [1.54, 1.807) is 18.2 Å². The molecule has 1 aromatic heterocycles. The number of phenolic OH excluding ortho intramolecular Hbond substituents is 1. The maximum absolute atomic E-state index is 12.7. The van der Waals surface area contributed by atoms with Crippen LogP contribution in [0.2, 0.25) is 0 Å². The summed E-state index contributed by atoms with van der Waals surface area (Å²) in [6.07, 6.45) is 1.43. The topological polar surface area (TPSA) is 74.6 Å². The number of nitrogens with zero attached hydrogens (tertiary/aromatic N) is 2. The summed E-state index contributed by atoms with van der Waals surface area (Å²) in [5, 5.41) is 15.0. The average Bonchev–Trinajstić information content (AvgIpc) is 3.03. The molecule has 2 aromatic carbocycles. The first-order chi connectivity index (χ1) is 12.1. The molecule has 0 atom stereocenters. The Kier molecular flexibility index (Phi) is 3.69. The number of hydrogen-bond acceptors (Lipinski definition) is 4. The van der Waals surface area contributed by atoms with Gasteiger partial charge in [0, 0.05) is 22.2 Å². The van der Waals surface area contributed by atoms with E-state index in [4.69, 9.17) is 0 Å². The molecule has 3 aromatic rings. The number of phenols is 1. The Morgan fingerprint density at radius 3 is 2.88 bits per heavy atom. The smallest absolute Gasteiger partial charge is 0.272 e. The number of pyridine rings is 1. The fourth-order valence-electron chi connectivity index (χ4n) is 3.28. The molecule has 2 N–H and O–H groups in total. The van der Waals surface area contributed by atoms with Crippen LogP contribution in [0.5, 0.6) is 5.75 Å². The molecule has 0 unspecified atom stereocenters. The maximum Gasteiger partial charge on any atom is 0.272 e. The highest BCUT2D eigenvalue weighted by molar-refractivity contribution is 6.08. The first-order valence-corrected chi connectivity index (χ1v) is 8.18. The summed E-state index contributed by atoms with van der Waals surface area (Å²) in [5.74, 6) is 0.0209. The molecule has 0 bridgehead atoms. The predicted octanol–water partition coefficient (Wildman–Crippen LogP) is 3.33. The normalized spacial score (nSPS) is 14.7. The molecule has 0 fully saturated rings. The second kappa shape index (κ2) is 6.02. The highest BCUT2D eigenvalue weighted by Crippen LogP contribution is 2.29. The number of amides is 1. The van der Waals surface area contributed by atoms with E-state index in [9.17, 15) is 9.90 Å². The van der Waals surface area contributed by atoms with Gasteiger partial charge in [0.15, 0.2) is 0 Å². The number of aromatic hydroxyl groups is 1. The zero-order chi connectivity index (χ0) is 17.4. The van der Waals surface area contributed by atoms with Crippen LogP contribution in [0.25, 0.3) is 10.9 Å². The summed E-state index contributed by atoms with van der Waals surface area (Å²) in [6, 6.07) is 14.7. The monoisotopic (exact) mass is 331 g/mol. The van der Waals surface area contributed by atoms with Crippen LogP contribution in [0.15, 0.2) is 53.6 Å². The molecule has 25 heavy (non-hydrogen) atoms. The first-order valence-electron chi connectivity index (χ1n) is 8.18. The van der Waals surface area contributed by atoms with Crippen LogP contribution in [-0.4, -0.2) is 21.7 Å². The van der Waals surface area contributed by atoms with Crippen molar-refractivity contribution in [1.29, 1.82) is 0 Å². The van der Waals surface area contributed by atoms with Crippen molar-refractivity contribution in [2.45, 2.75) is 19.8 Å². The maximum atomic E-state index is 12.7. The Morgan fingerprint density at radius 2 is 2.00 bits per heavy atom. The Morgan fingerprint density at radius 1 is 1.16 bits per heavy atom. The Balaban J connectivity index is 1.66. The Labute approximate surface area is 145 Å². The van der Waals surface area contributed by atoms with Gasteiger partial charge in [-0.25, -0.2) is 5.43 Å². The molecule has 1 aliphatic rings. The Hall–Kier alpha value is -3.21. The second-order valence-corrected chi connectivity index (χ2v) is 6.13. The van der Waals surface area contributed by atoms with Gasteiger partial charge in [-0.1, -0.05) is 30.3 Å². The number of carbonyl (C=O) groups is 1. The highest BCUT2D eigenvalue weighted by atomic mass is 16.3. The van der Waals surface area contributed by atoms with Crippen molar-refractivity contribution < 1.29 is 9.90 Å². The minimum Gasteiger partial charge on any atom is -0.508 e. The van der Waals surface area contributed by atoms with Crippen molar-refractivity contribution in [3.05, 3.63) is 70.9 Å². The first kappa shape index (κ1) is 15.3. The summed E-state index contributed by atoms with van der Waals surface area (Å²) in [6.45, 7) is 1.87. The van der Waals surface area contributed by atoms with E-state index >= 15 is 0 Å². The quantitative estimate of drug-likeness (QED) is 0.707. The van der Waals surface area contributed by atoms with E-state index in [0.29, 0.717) is 12.0 Å².